The molecule has 0 saturated heterocycles. The fourth-order valence-corrected chi connectivity index (χ4v) is 2.11. The highest BCUT2D eigenvalue weighted by Crippen LogP contribution is 2.12. The van der Waals surface area contributed by atoms with E-state index in [4.69, 9.17) is 5.73 Å². The van der Waals surface area contributed by atoms with Gasteiger partial charge in [-0.25, -0.2) is 0 Å². The Hall–Kier alpha value is -2.09. The highest BCUT2D eigenvalue weighted by molar-refractivity contribution is 5.97. The summed E-state index contributed by atoms with van der Waals surface area (Å²) >= 11 is 0. The molecule has 0 fully saturated rings. The van der Waals surface area contributed by atoms with Gasteiger partial charge < -0.3 is 5.73 Å². The number of nitrogens with two attached hydrogens (primary N) is 1. The summed E-state index contributed by atoms with van der Waals surface area (Å²) in [6.07, 6.45) is 2.54. The van der Waals surface area contributed by atoms with E-state index in [2.05, 4.69) is 13.0 Å². The van der Waals surface area contributed by atoms with Gasteiger partial charge in [0.1, 0.15) is 0 Å². The summed E-state index contributed by atoms with van der Waals surface area (Å²) in [7, 11) is 0. The second-order valence-corrected chi connectivity index (χ2v) is 4.79. The van der Waals surface area contributed by atoms with Gasteiger partial charge in [0.15, 0.2) is 5.78 Å². The molecule has 0 saturated carbocycles. The van der Waals surface area contributed by atoms with Crippen molar-refractivity contribution < 1.29 is 4.79 Å². The number of Topliss-reactive ketones (excluding diaryl/α,β-unsaturated/α-hetero) is 1. The molecule has 0 aromatic heterocycles. The fourth-order valence-electron chi connectivity index (χ4n) is 2.11. The number of hydrogen-bond acceptors (Lipinski definition) is 2. The average Bonchev–Trinajstić information content (AvgIpc) is 2.42. The van der Waals surface area contributed by atoms with Crippen LogP contribution >= 0.6 is 0 Å². The Balaban J connectivity index is 2.11. The third-order valence-electron chi connectivity index (χ3n) is 3.13. The monoisotopic (exact) mass is 253 g/mol. The zero-order valence-corrected chi connectivity index (χ0v) is 11.2. The molecule has 2 N–H and O–H groups in total. The first-order valence-electron chi connectivity index (χ1n) is 6.65. The molecule has 2 rings (SSSR count). The summed E-state index contributed by atoms with van der Waals surface area (Å²) in [5.41, 5.74) is 9.38. The molecule has 0 spiro atoms. The Labute approximate surface area is 114 Å². The first kappa shape index (κ1) is 13.3. The number of aryl methyl sites for hydroxylation is 1. The van der Waals surface area contributed by atoms with Crippen LogP contribution in [0.1, 0.15) is 34.8 Å². The predicted molar refractivity (Wildman–Crippen MR) is 79.3 cm³/mol. The van der Waals surface area contributed by atoms with E-state index in [9.17, 15) is 4.79 Å². The Morgan fingerprint density at radius 2 is 1.79 bits per heavy atom. The van der Waals surface area contributed by atoms with Crippen molar-refractivity contribution in [1.29, 1.82) is 0 Å². The third-order valence-corrected chi connectivity index (χ3v) is 3.13. The van der Waals surface area contributed by atoms with Crippen molar-refractivity contribution in [2.24, 2.45) is 0 Å². The summed E-state index contributed by atoms with van der Waals surface area (Å²) in [5.74, 6) is 0.155. The lowest BCUT2D eigenvalue weighted by Crippen LogP contribution is -2.04. The molecule has 2 heteroatoms. The summed E-state index contributed by atoms with van der Waals surface area (Å²) in [4.78, 5) is 12.2. The van der Waals surface area contributed by atoms with E-state index in [0.29, 0.717) is 6.42 Å². The maximum atomic E-state index is 12.2. The maximum absolute atomic E-state index is 12.2. The Bertz CT molecular complexity index is 558. The van der Waals surface area contributed by atoms with Gasteiger partial charge in [-0.3, -0.25) is 4.79 Å². The van der Waals surface area contributed by atoms with Crippen molar-refractivity contribution in [2.75, 3.05) is 5.73 Å². The molecule has 0 aliphatic carbocycles. The number of carbonyl (C=O) groups excluding carboxylic acids is 1. The highest BCUT2D eigenvalue weighted by atomic mass is 16.1. The minimum absolute atomic E-state index is 0.155. The minimum Gasteiger partial charge on any atom is -0.399 e. The van der Waals surface area contributed by atoms with Crippen molar-refractivity contribution in [3.05, 3.63) is 65.2 Å². The molecule has 0 bridgehead atoms. The van der Waals surface area contributed by atoms with Crippen LogP contribution in [-0.2, 0) is 12.8 Å². The number of ketones is 1. The second-order valence-electron chi connectivity index (χ2n) is 4.79. The predicted octanol–water partition coefficient (Wildman–Crippen LogP) is 3.65. The highest BCUT2D eigenvalue weighted by Gasteiger charge is 2.07. The molecule has 0 radical (unpaired) electrons. The number of hydrogen-bond donors (Lipinski definition) is 1. The number of benzene rings is 2. The van der Waals surface area contributed by atoms with Crippen LogP contribution in [0.25, 0.3) is 0 Å². The zero-order chi connectivity index (χ0) is 13.7. The van der Waals surface area contributed by atoms with Gasteiger partial charge in [-0.05, 0) is 35.7 Å². The van der Waals surface area contributed by atoms with Crippen LogP contribution in [0.15, 0.2) is 48.5 Å². The molecule has 2 aromatic carbocycles. The van der Waals surface area contributed by atoms with Gasteiger partial charge in [-0.1, -0.05) is 43.7 Å². The molecule has 0 heterocycles. The standard InChI is InChI=1S/C17H19NO/c1-2-4-13-5-3-6-15(11-13)17(19)12-14-7-9-16(18)10-8-14/h3,5-11H,2,4,12,18H2,1H3. The molecular weight excluding hydrogens is 234 g/mol. The van der Waals surface area contributed by atoms with Crippen LogP contribution in [0.3, 0.4) is 0 Å². The van der Waals surface area contributed by atoms with E-state index in [0.717, 1.165) is 29.7 Å². The SMILES string of the molecule is CCCc1cccc(C(=O)Cc2ccc(N)cc2)c1. The van der Waals surface area contributed by atoms with Gasteiger partial charge in [0.2, 0.25) is 0 Å². The van der Waals surface area contributed by atoms with E-state index < -0.39 is 0 Å². The van der Waals surface area contributed by atoms with Crippen LogP contribution in [0.2, 0.25) is 0 Å². The van der Waals surface area contributed by atoms with E-state index >= 15 is 0 Å². The minimum atomic E-state index is 0.155. The van der Waals surface area contributed by atoms with E-state index in [1.54, 1.807) is 0 Å². The van der Waals surface area contributed by atoms with E-state index in [1.807, 2.05) is 42.5 Å². The summed E-state index contributed by atoms with van der Waals surface area (Å²) < 4.78 is 0. The van der Waals surface area contributed by atoms with Crippen LogP contribution < -0.4 is 5.73 Å². The topological polar surface area (TPSA) is 43.1 Å². The number of carbonyl (C=O) groups is 1. The molecule has 0 unspecified atom stereocenters. The first-order chi connectivity index (χ1) is 9.19. The molecule has 98 valence electrons. The van der Waals surface area contributed by atoms with Crippen LogP contribution in [-0.4, -0.2) is 5.78 Å². The molecular formula is C17H19NO. The molecule has 0 aliphatic heterocycles. The number of rotatable bonds is 5. The molecule has 0 amide bonds. The number of anilines is 1. The van der Waals surface area contributed by atoms with Crippen molar-refractivity contribution in [3.63, 3.8) is 0 Å². The maximum Gasteiger partial charge on any atom is 0.167 e. The largest absolute Gasteiger partial charge is 0.399 e. The third kappa shape index (κ3) is 3.68. The average molecular weight is 253 g/mol. The van der Waals surface area contributed by atoms with Crippen LogP contribution in [0, 0.1) is 0 Å². The van der Waals surface area contributed by atoms with E-state index in [-0.39, 0.29) is 5.78 Å². The smallest absolute Gasteiger partial charge is 0.167 e. The van der Waals surface area contributed by atoms with E-state index in [1.165, 1.54) is 5.56 Å². The van der Waals surface area contributed by atoms with Crippen molar-refractivity contribution in [3.8, 4) is 0 Å². The Morgan fingerprint density at radius 1 is 1.05 bits per heavy atom. The first-order valence-corrected chi connectivity index (χ1v) is 6.65. The lowest BCUT2D eigenvalue weighted by molar-refractivity contribution is 0.0993. The van der Waals surface area contributed by atoms with Crippen LogP contribution in [0.5, 0.6) is 0 Å². The molecule has 19 heavy (non-hydrogen) atoms. The Morgan fingerprint density at radius 3 is 2.47 bits per heavy atom. The summed E-state index contributed by atoms with van der Waals surface area (Å²) in [6.45, 7) is 2.14. The van der Waals surface area contributed by atoms with Gasteiger partial charge >= 0.3 is 0 Å². The second kappa shape index (κ2) is 6.19. The van der Waals surface area contributed by atoms with Crippen LogP contribution in [0.4, 0.5) is 5.69 Å². The molecule has 0 aliphatic rings. The van der Waals surface area contributed by atoms with Crippen molar-refractivity contribution >= 4 is 11.5 Å². The molecule has 2 nitrogen and oxygen atoms in total. The van der Waals surface area contributed by atoms with Crippen molar-refractivity contribution in [2.45, 2.75) is 26.2 Å². The number of nitrogen functional groups attached to an aromatic ring is 1. The zero-order valence-electron chi connectivity index (χ0n) is 11.2. The van der Waals surface area contributed by atoms with Gasteiger partial charge in [0, 0.05) is 17.7 Å². The Kier molecular flexibility index (Phi) is 4.35. The van der Waals surface area contributed by atoms with Gasteiger partial charge in [0.05, 0.1) is 0 Å². The summed E-state index contributed by atoms with van der Waals surface area (Å²) in [5, 5.41) is 0. The lowest BCUT2D eigenvalue weighted by atomic mass is 10.00. The molecule has 0 atom stereocenters. The normalized spacial score (nSPS) is 10.4. The van der Waals surface area contributed by atoms with Crippen molar-refractivity contribution in [1.82, 2.24) is 0 Å². The fraction of sp³-hybridized carbons (Fsp3) is 0.235. The lowest BCUT2D eigenvalue weighted by Gasteiger charge is -2.05. The van der Waals surface area contributed by atoms with Gasteiger partial charge in [0.25, 0.3) is 0 Å². The molecule has 2 aromatic rings. The van der Waals surface area contributed by atoms with Gasteiger partial charge in [-0.2, -0.15) is 0 Å². The summed E-state index contributed by atoms with van der Waals surface area (Å²) in [6, 6.07) is 15.4. The van der Waals surface area contributed by atoms with Gasteiger partial charge in [-0.15, -0.1) is 0 Å². The quantitative estimate of drug-likeness (QED) is 0.653.